The molecule has 4 N–H and O–H groups in total. The third kappa shape index (κ3) is 21.3. The van der Waals surface area contributed by atoms with Gasteiger partial charge in [0.05, 0.1) is 51.7 Å². The number of rotatable bonds is 20. The van der Waals surface area contributed by atoms with Crippen LogP contribution in [0.2, 0.25) is 0 Å². The minimum absolute atomic E-state index is 0.101. The molecule has 0 radical (unpaired) electrons. The molecule has 754 valence electrons. The second-order valence-corrected chi connectivity index (χ2v) is 42.3. The Morgan fingerprint density at radius 2 is 0.564 bits per heavy atom. The zero-order valence-electron chi connectivity index (χ0n) is 86.6. The van der Waals surface area contributed by atoms with Gasteiger partial charge in [0.15, 0.2) is 0 Å². The summed E-state index contributed by atoms with van der Waals surface area (Å²) in [6.07, 6.45) is 40.0. The highest BCUT2D eigenvalue weighted by Crippen LogP contribution is 2.47. The second-order valence-electron chi connectivity index (χ2n) is 42.3. The number of benzene rings is 5. The number of imidazole rings is 4. The van der Waals surface area contributed by atoms with Gasteiger partial charge in [-0.25, -0.2) is 39.3 Å². The SMILES string of the molecule is Cc1[nH]c(C2CCN(c3ccnc4c3C=C(c3cccc(F)c3)C4)CC2)nc1-c1ccccc1.Cc1[nH]c(C2CCN(c3ccnc4c3C=C(c3ccnc(N5CCC(C)CC5)c3)C4)CC2)nc1-c1ccccc1.Cc1[nH]c(C2CCN(c3ccnc4c3C=C(c3ccnc(N5CCCC5)c3)C4)CC2)nc1-c1ccccc1.Cc1[nH]c(C2CCN(c3ccnc4c3C=C(c3ccnc(OC(C)C)c3)C4)CC2)nc1-c1ccccc1. The molecule has 11 aromatic heterocycles. The lowest BCUT2D eigenvalue weighted by molar-refractivity contribution is 0.232. The van der Waals surface area contributed by atoms with Crippen LogP contribution >= 0.6 is 0 Å². The van der Waals surface area contributed by atoms with Crippen molar-refractivity contribution in [3.63, 3.8) is 0 Å². The molecule has 6 saturated heterocycles. The third-order valence-electron chi connectivity index (χ3n) is 32.0. The maximum absolute atomic E-state index is 13.8. The molecule has 0 atom stereocenters. The van der Waals surface area contributed by atoms with Gasteiger partial charge in [-0.15, -0.1) is 0 Å². The number of aryl methyl sites for hydroxylation is 4. The first-order valence-corrected chi connectivity index (χ1v) is 54.1. The van der Waals surface area contributed by atoms with Crippen LogP contribution in [0, 0.1) is 39.4 Å². The Bertz CT molecular complexity index is 7580. The number of halogens is 1. The van der Waals surface area contributed by atoms with Crippen LogP contribution in [-0.4, -0.2) is 159 Å². The molecule has 0 spiro atoms. The van der Waals surface area contributed by atoms with E-state index in [1.807, 2.05) is 81.5 Å². The summed E-state index contributed by atoms with van der Waals surface area (Å²) in [5.74, 6) is 9.79. The lowest BCUT2D eigenvalue weighted by Gasteiger charge is -2.33. The highest BCUT2D eigenvalue weighted by molar-refractivity contribution is 5.96. The van der Waals surface area contributed by atoms with Crippen molar-refractivity contribution < 1.29 is 9.13 Å². The van der Waals surface area contributed by atoms with Crippen LogP contribution in [0.25, 0.3) is 91.6 Å². The molecule has 149 heavy (non-hydrogen) atoms. The van der Waals surface area contributed by atoms with Gasteiger partial charge in [0.1, 0.15) is 40.8 Å². The fourth-order valence-corrected chi connectivity index (χ4v) is 23.8. The number of aromatic nitrogens is 15. The number of piperidine rings is 5. The van der Waals surface area contributed by atoms with Crippen molar-refractivity contribution in [2.45, 2.75) is 181 Å². The first-order chi connectivity index (χ1) is 73.0. The molecular weight excluding hydrogens is 1840 g/mol. The van der Waals surface area contributed by atoms with Gasteiger partial charge in [-0.05, 0) is 260 Å². The van der Waals surface area contributed by atoms with E-state index in [2.05, 4.69) is 287 Å². The summed E-state index contributed by atoms with van der Waals surface area (Å²) in [4.78, 5) is 82.0. The van der Waals surface area contributed by atoms with E-state index in [0.717, 1.165) is 276 Å². The maximum atomic E-state index is 13.8. The van der Waals surface area contributed by atoms with Crippen molar-refractivity contribution >= 4 is 81.0 Å². The second kappa shape index (κ2) is 43.5. The van der Waals surface area contributed by atoms with Gasteiger partial charge in [-0.3, -0.25) is 19.9 Å². The summed E-state index contributed by atoms with van der Waals surface area (Å²) in [7, 11) is 0. The topological polar surface area (TPSA) is 234 Å². The Kier molecular flexibility index (Phi) is 28.3. The van der Waals surface area contributed by atoms with Crippen molar-refractivity contribution in [3.05, 3.63) is 369 Å². The molecule has 16 aromatic rings. The predicted molar refractivity (Wildman–Crippen MR) is 602 cm³/mol. The Morgan fingerprint density at radius 1 is 0.289 bits per heavy atom. The molecule has 0 unspecified atom stereocenters. The van der Waals surface area contributed by atoms with E-state index in [-0.39, 0.29) is 11.9 Å². The summed E-state index contributed by atoms with van der Waals surface area (Å²) in [5, 5.41) is 0. The van der Waals surface area contributed by atoms with Crippen LogP contribution in [0.3, 0.4) is 0 Å². The summed E-state index contributed by atoms with van der Waals surface area (Å²) >= 11 is 0. The molecule has 26 rings (SSSR count). The fraction of sp³-hybridized carbons (Fsp3) is 0.325. The minimum atomic E-state index is -0.201. The molecule has 5 aromatic carbocycles. The molecule has 17 heterocycles. The van der Waals surface area contributed by atoms with Gasteiger partial charge in [0.2, 0.25) is 5.88 Å². The van der Waals surface area contributed by atoms with Crippen LogP contribution in [0.15, 0.2) is 250 Å². The number of ether oxygens (including phenoxy) is 1. The molecule has 0 amide bonds. The number of pyridine rings is 7. The van der Waals surface area contributed by atoms with Gasteiger partial charge in [0, 0.05) is 267 Å². The quantitative estimate of drug-likeness (QED) is 0.0555. The van der Waals surface area contributed by atoms with Crippen molar-refractivity contribution in [2.24, 2.45) is 5.92 Å². The number of anilines is 6. The van der Waals surface area contributed by atoms with Crippen molar-refractivity contribution in [2.75, 3.05) is 108 Å². The Hall–Kier alpha value is -15.5. The number of hydrogen-bond acceptors (Lipinski definition) is 18. The van der Waals surface area contributed by atoms with E-state index in [4.69, 9.17) is 44.6 Å². The number of aromatic amines is 4. The highest BCUT2D eigenvalue weighted by atomic mass is 19.1. The van der Waals surface area contributed by atoms with Gasteiger partial charge < -0.3 is 54.1 Å². The standard InChI is InChI=1S/C34H38N6.C32H34N6.C31H33N5O.C29H27FN4/c1-23-10-16-40(17-11-23)32-22-27(8-14-36-32)28-20-29-30(21-28)35-15-9-31(29)39-18-12-26(13-19-39)34-37-24(2)33(38-34)25-6-4-3-5-7-25;1-22-31(23-7-3-2-4-8-23)36-32(35-22)24-11-17-37(18-12-24)29-10-14-33-28-20-26(19-27(28)29)25-9-13-34-30(21-25)38-15-5-6-16-38;1-20(2)37-29-19-24(9-13-33-29)25-17-26-27(18-25)32-14-10-28(26)36-15-11-23(12-16-36)31-34-21(3)30(35-31)22-7-5-4-6-8-22;1-19-28(20-6-3-2-4-7-20)33-29(32-19)21-11-14-34(15-12-21)27-10-13-31-26-18-23(17-25(26)27)22-8-5-9-24(30)16-22/h3-9,14-15,20,22-23,26H,10-13,16-19,21H2,1-2H3,(H,37,38);2-4,7-10,13-14,19,21,24H,5-6,11-12,15-18,20H2,1H3,(H,35,36);4-10,13-14,17,19-20,23H,11-12,15-16,18H2,1-3H3,(H,34,35);2-10,13,16-17,21H,11-12,14-15,18H2,1H3,(H,32,33). The monoisotopic (exact) mass is 1970 g/mol. The zero-order chi connectivity index (χ0) is 101. The van der Waals surface area contributed by atoms with Crippen LogP contribution in [0.4, 0.5) is 38.8 Å². The summed E-state index contributed by atoms with van der Waals surface area (Å²) in [5.41, 5.74) is 38.0. The zero-order valence-corrected chi connectivity index (χ0v) is 86.6. The lowest BCUT2D eigenvalue weighted by atomic mass is 9.95. The number of hydrogen-bond donors (Lipinski definition) is 4. The predicted octanol–water partition coefficient (Wildman–Crippen LogP) is 26.0. The van der Waals surface area contributed by atoms with Crippen molar-refractivity contribution in [3.8, 4) is 50.9 Å². The Morgan fingerprint density at radius 3 is 0.872 bits per heavy atom. The molecule has 23 heteroatoms. The van der Waals surface area contributed by atoms with Gasteiger partial charge in [-0.1, -0.05) is 140 Å². The number of H-pyrrole nitrogens is 4. The van der Waals surface area contributed by atoms with E-state index < -0.39 is 0 Å². The molecule has 4 aliphatic carbocycles. The summed E-state index contributed by atoms with van der Waals surface area (Å²) in [6.45, 7) is 27.4. The minimum Gasteiger partial charge on any atom is -0.475 e. The summed E-state index contributed by atoms with van der Waals surface area (Å²) in [6, 6.07) is 70.3. The van der Waals surface area contributed by atoms with Gasteiger partial charge in [0.25, 0.3) is 0 Å². The lowest BCUT2D eigenvalue weighted by Crippen LogP contribution is -2.33. The van der Waals surface area contributed by atoms with Crippen LogP contribution in [0.5, 0.6) is 5.88 Å². The van der Waals surface area contributed by atoms with Crippen LogP contribution in [-0.2, 0) is 25.7 Å². The number of fused-ring (bicyclic) bond motifs is 4. The van der Waals surface area contributed by atoms with Crippen molar-refractivity contribution in [1.29, 1.82) is 0 Å². The van der Waals surface area contributed by atoms with Gasteiger partial charge in [-0.2, -0.15) is 0 Å². The van der Waals surface area contributed by atoms with Crippen molar-refractivity contribution in [1.82, 2.24) is 74.8 Å². The molecular formula is C126H132FN21O. The van der Waals surface area contributed by atoms with Crippen LogP contribution in [0.1, 0.15) is 235 Å². The number of allylic oxidation sites excluding steroid dienone is 4. The first kappa shape index (κ1) is 96.9. The average molecular weight is 1980 g/mol. The fourth-order valence-electron chi connectivity index (χ4n) is 23.8. The summed E-state index contributed by atoms with van der Waals surface area (Å²) < 4.78 is 19.6. The highest BCUT2D eigenvalue weighted by Gasteiger charge is 2.36. The smallest absolute Gasteiger partial charge is 0.214 e. The third-order valence-corrected chi connectivity index (χ3v) is 32.0. The van der Waals surface area contributed by atoms with Crippen LogP contribution < -0.4 is 34.1 Å². The normalized spacial score (nSPS) is 16.9. The Balaban J connectivity index is 0.000000109. The van der Waals surface area contributed by atoms with E-state index in [9.17, 15) is 4.39 Å². The van der Waals surface area contributed by atoms with E-state index in [1.165, 1.54) is 133 Å². The van der Waals surface area contributed by atoms with Gasteiger partial charge >= 0.3 is 0 Å². The molecule has 6 aliphatic heterocycles. The Labute approximate surface area is 873 Å². The number of nitrogens with one attached hydrogen (secondary N) is 4. The molecule has 0 saturated carbocycles. The van der Waals surface area contributed by atoms with E-state index in [0.29, 0.717) is 29.6 Å². The molecule has 10 aliphatic rings. The van der Waals surface area contributed by atoms with E-state index >= 15 is 0 Å². The number of nitrogens with zero attached hydrogens (tertiary/aromatic N) is 17. The largest absolute Gasteiger partial charge is 0.475 e. The molecule has 22 nitrogen and oxygen atoms in total. The molecule has 6 fully saturated rings. The van der Waals surface area contributed by atoms with E-state index in [1.54, 1.807) is 12.1 Å². The maximum Gasteiger partial charge on any atom is 0.214 e. The average Bonchev–Trinajstić information content (AvgIpc) is 1.62. The first-order valence-electron chi connectivity index (χ1n) is 54.1. The molecule has 0 bridgehead atoms.